The van der Waals surface area contributed by atoms with Crippen LogP contribution in [0.15, 0.2) is 24.3 Å². The van der Waals surface area contributed by atoms with E-state index in [1.807, 2.05) is 24.3 Å². The van der Waals surface area contributed by atoms with Crippen LogP contribution >= 0.6 is 12.4 Å². The van der Waals surface area contributed by atoms with E-state index < -0.39 is 0 Å². The van der Waals surface area contributed by atoms with Gasteiger partial charge in [-0.2, -0.15) is 0 Å². The molecular weight excluding hydrogens is 264 g/mol. The molecule has 0 radical (unpaired) electrons. The van der Waals surface area contributed by atoms with Crippen molar-refractivity contribution in [3.8, 4) is 5.75 Å². The molecule has 106 valence electrons. The molecule has 0 saturated carbocycles. The minimum atomic E-state index is 0. The van der Waals surface area contributed by atoms with Gasteiger partial charge in [-0.15, -0.1) is 12.4 Å². The lowest BCUT2D eigenvalue weighted by molar-refractivity contribution is -0.120. The van der Waals surface area contributed by atoms with E-state index in [1.165, 1.54) is 0 Å². The lowest BCUT2D eigenvalue weighted by Gasteiger charge is -2.10. The highest BCUT2D eigenvalue weighted by Crippen LogP contribution is 2.13. The van der Waals surface area contributed by atoms with Crippen LogP contribution in [0.2, 0.25) is 0 Å². The van der Waals surface area contributed by atoms with E-state index in [1.54, 1.807) is 7.11 Å². The number of hydrogen-bond acceptors (Lipinski definition) is 3. The molecule has 1 atom stereocenters. The largest absolute Gasteiger partial charge is 0.497 e. The zero-order valence-corrected chi connectivity index (χ0v) is 12.0. The summed E-state index contributed by atoms with van der Waals surface area (Å²) in [5.74, 6) is 1.45. The van der Waals surface area contributed by atoms with E-state index >= 15 is 0 Å². The zero-order valence-electron chi connectivity index (χ0n) is 11.1. The second-order valence-electron chi connectivity index (χ2n) is 4.69. The number of methoxy groups -OCH3 is 1. The van der Waals surface area contributed by atoms with Gasteiger partial charge in [0, 0.05) is 6.54 Å². The predicted molar refractivity (Wildman–Crippen MR) is 77.9 cm³/mol. The van der Waals surface area contributed by atoms with E-state index in [0.29, 0.717) is 12.3 Å². The summed E-state index contributed by atoms with van der Waals surface area (Å²) in [6.45, 7) is 2.85. The van der Waals surface area contributed by atoms with Crippen molar-refractivity contribution in [1.82, 2.24) is 10.6 Å². The number of rotatable bonds is 5. The first-order valence-corrected chi connectivity index (χ1v) is 6.38. The first-order chi connectivity index (χ1) is 8.78. The molecule has 1 aromatic rings. The van der Waals surface area contributed by atoms with Crippen molar-refractivity contribution in [3.05, 3.63) is 29.8 Å². The van der Waals surface area contributed by atoms with Crippen LogP contribution in [0.5, 0.6) is 5.75 Å². The summed E-state index contributed by atoms with van der Waals surface area (Å²) in [5.41, 5.74) is 0.983. The number of carbonyl (C=O) groups is 1. The van der Waals surface area contributed by atoms with Crippen LogP contribution in [-0.4, -0.2) is 32.7 Å². The molecule has 1 unspecified atom stereocenters. The van der Waals surface area contributed by atoms with Gasteiger partial charge in [0.15, 0.2) is 0 Å². The van der Waals surface area contributed by atoms with Gasteiger partial charge >= 0.3 is 0 Å². The number of amides is 1. The van der Waals surface area contributed by atoms with Gasteiger partial charge in [-0.1, -0.05) is 12.1 Å². The SMILES string of the molecule is COc1cccc(CC(=O)NCC2CCNC2)c1.Cl. The Labute approximate surface area is 120 Å². The molecule has 1 aliphatic heterocycles. The first kappa shape index (κ1) is 15.8. The molecule has 2 N–H and O–H groups in total. The fraction of sp³-hybridized carbons (Fsp3) is 0.500. The van der Waals surface area contributed by atoms with Crippen LogP contribution in [0, 0.1) is 5.92 Å². The van der Waals surface area contributed by atoms with E-state index in [4.69, 9.17) is 4.74 Å². The monoisotopic (exact) mass is 284 g/mol. The van der Waals surface area contributed by atoms with Gasteiger partial charge < -0.3 is 15.4 Å². The van der Waals surface area contributed by atoms with Gasteiger partial charge in [0.05, 0.1) is 13.5 Å². The summed E-state index contributed by atoms with van der Waals surface area (Å²) in [7, 11) is 1.63. The molecule has 2 rings (SSSR count). The summed E-state index contributed by atoms with van der Waals surface area (Å²) in [5, 5.41) is 6.28. The molecule has 4 nitrogen and oxygen atoms in total. The molecule has 5 heteroatoms. The minimum absolute atomic E-state index is 0. The van der Waals surface area contributed by atoms with Crippen LogP contribution in [0.4, 0.5) is 0 Å². The van der Waals surface area contributed by atoms with Gasteiger partial charge in [-0.3, -0.25) is 4.79 Å². The Balaban J connectivity index is 0.00000180. The van der Waals surface area contributed by atoms with E-state index in [0.717, 1.165) is 37.4 Å². The number of carbonyl (C=O) groups excluding carboxylic acids is 1. The van der Waals surface area contributed by atoms with Gasteiger partial charge in [-0.05, 0) is 43.1 Å². The number of nitrogens with one attached hydrogen (secondary N) is 2. The molecule has 0 aromatic heterocycles. The molecular formula is C14H21ClN2O2. The standard InChI is InChI=1S/C14H20N2O2.ClH/c1-18-13-4-2-3-11(7-13)8-14(17)16-10-12-5-6-15-9-12;/h2-4,7,12,15H,5-6,8-10H2,1H3,(H,16,17);1H. The van der Waals surface area contributed by atoms with Crippen LogP contribution in [0.25, 0.3) is 0 Å². The van der Waals surface area contributed by atoms with Gasteiger partial charge in [0.1, 0.15) is 5.75 Å². The average molecular weight is 285 g/mol. The smallest absolute Gasteiger partial charge is 0.224 e. The summed E-state index contributed by atoms with van der Waals surface area (Å²) < 4.78 is 5.14. The van der Waals surface area contributed by atoms with Crippen LogP contribution in [0.1, 0.15) is 12.0 Å². The lowest BCUT2D eigenvalue weighted by Crippen LogP contribution is -2.31. The Morgan fingerprint density at radius 2 is 2.37 bits per heavy atom. The van der Waals surface area contributed by atoms with E-state index in [-0.39, 0.29) is 18.3 Å². The second kappa shape index (κ2) is 8.02. The lowest BCUT2D eigenvalue weighted by atomic mass is 10.1. The Morgan fingerprint density at radius 1 is 1.53 bits per heavy atom. The third kappa shape index (κ3) is 5.09. The third-order valence-corrected chi connectivity index (χ3v) is 3.25. The Kier molecular flexibility index (Phi) is 6.67. The van der Waals surface area contributed by atoms with Crippen molar-refractivity contribution in [2.45, 2.75) is 12.8 Å². The fourth-order valence-electron chi connectivity index (χ4n) is 2.18. The summed E-state index contributed by atoms with van der Waals surface area (Å²) >= 11 is 0. The van der Waals surface area contributed by atoms with Gasteiger partial charge in [-0.25, -0.2) is 0 Å². The number of benzene rings is 1. The third-order valence-electron chi connectivity index (χ3n) is 3.25. The van der Waals surface area contributed by atoms with E-state index in [9.17, 15) is 4.79 Å². The molecule has 1 aliphatic rings. The Bertz CT molecular complexity index is 406. The molecule has 1 amide bonds. The molecule has 1 heterocycles. The molecule has 1 saturated heterocycles. The van der Waals surface area contributed by atoms with Gasteiger partial charge in [0.2, 0.25) is 5.91 Å². The zero-order chi connectivity index (χ0) is 12.8. The van der Waals surface area contributed by atoms with E-state index in [2.05, 4.69) is 10.6 Å². The maximum absolute atomic E-state index is 11.8. The maximum Gasteiger partial charge on any atom is 0.224 e. The second-order valence-corrected chi connectivity index (χ2v) is 4.69. The maximum atomic E-state index is 11.8. The van der Waals surface area contributed by atoms with Crippen molar-refractivity contribution in [2.24, 2.45) is 5.92 Å². The average Bonchev–Trinajstić information content (AvgIpc) is 2.90. The highest BCUT2D eigenvalue weighted by molar-refractivity contribution is 5.85. The molecule has 19 heavy (non-hydrogen) atoms. The number of ether oxygens (including phenoxy) is 1. The Morgan fingerprint density at radius 3 is 3.05 bits per heavy atom. The summed E-state index contributed by atoms with van der Waals surface area (Å²) in [4.78, 5) is 11.8. The summed E-state index contributed by atoms with van der Waals surface area (Å²) in [6.07, 6.45) is 1.57. The molecule has 0 bridgehead atoms. The van der Waals surface area contributed by atoms with Gasteiger partial charge in [0.25, 0.3) is 0 Å². The number of hydrogen-bond donors (Lipinski definition) is 2. The molecule has 0 aliphatic carbocycles. The van der Waals surface area contributed by atoms with Crippen molar-refractivity contribution in [1.29, 1.82) is 0 Å². The highest BCUT2D eigenvalue weighted by Gasteiger charge is 2.15. The van der Waals surface area contributed by atoms with Crippen LogP contribution in [-0.2, 0) is 11.2 Å². The topological polar surface area (TPSA) is 50.4 Å². The van der Waals surface area contributed by atoms with Crippen molar-refractivity contribution in [3.63, 3.8) is 0 Å². The normalized spacial score (nSPS) is 17.6. The van der Waals surface area contributed by atoms with Crippen molar-refractivity contribution >= 4 is 18.3 Å². The highest BCUT2D eigenvalue weighted by atomic mass is 35.5. The Hall–Kier alpha value is -1.26. The minimum Gasteiger partial charge on any atom is -0.497 e. The fourth-order valence-corrected chi connectivity index (χ4v) is 2.18. The molecule has 0 spiro atoms. The van der Waals surface area contributed by atoms with Crippen molar-refractivity contribution < 1.29 is 9.53 Å². The van der Waals surface area contributed by atoms with Crippen LogP contribution < -0.4 is 15.4 Å². The number of halogens is 1. The molecule has 1 aromatic carbocycles. The van der Waals surface area contributed by atoms with Crippen molar-refractivity contribution in [2.75, 3.05) is 26.7 Å². The molecule has 1 fully saturated rings. The summed E-state index contributed by atoms with van der Waals surface area (Å²) in [6, 6.07) is 7.63. The quantitative estimate of drug-likeness (QED) is 0.859. The van der Waals surface area contributed by atoms with Crippen LogP contribution in [0.3, 0.4) is 0 Å². The predicted octanol–water partition coefficient (Wildman–Crippen LogP) is 1.39. The first-order valence-electron chi connectivity index (χ1n) is 6.38.